The molecule has 0 aliphatic carbocycles. The van der Waals surface area contributed by atoms with Crippen LogP contribution in [0.4, 0.5) is 10.1 Å². The van der Waals surface area contributed by atoms with Crippen molar-refractivity contribution < 1.29 is 17.6 Å². The number of halogens is 1. The van der Waals surface area contributed by atoms with Gasteiger partial charge in [0.2, 0.25) is 10.0 Å². The lowest BCUT2D eigenvalue weighted by Gasteiger charge is -2.26. The van der Waals surface area contributed by atoms with Gasteiger partial charge in [-0.25, -0.2) is 17.5 Å². The summed E-state index contributed by atoms with van der Waals surface area (Å²) < 4.78 is 42.7. The van der Waals surface area contributed by atoms with Crippen LogP contribution < -0.4 is 4.90 Å². The normalized spacial score (nSPS) is 16.6. The number of aryl methyl sites for hydroxylation is 1. The summed E-state index contributed by atoms with van der Waals surface area (Å²) >= 11 is 0. The van der Waals surface area contributed by atoms with Gasteiger partial charge in [-0.2, -0.15) is 9.40 Å². The number of hydrogen-bond acceptors (Lipinski definition) is 4. The second kappa shape index (κ2) is 8.63. The predicted molar refractivity (Wildman–Crippen MR) is 127 cm³/mol. The molecule has 3 aromatic rings. The number of amides is 1. The van der Waals surface area contributed by atoms with E-state index >= 15 is 0 Å². The lowest BCUT2D eigenvalue weighted by Crippen LogP contribution is -2.35. The fraction of sp³-hybridized carbons (Fsp3) is 0.360. The van der Waals surface area contributed by atoms with Gasteiger partial charge in [0.25, 0.3) is 5.91 Å². The quantitative estimate of drug-likeness (QED) is 0.563. The van der Waals surface area contributed by atoms with Gasteiger partial charge in [-0.15, -0.1) is 0 Å². The molecule has 2 aliphatic heterocycles. The molecule has 0 N–H and O–H groups in total. The zero-order chi connectivity index (χ0) is 24.0. The lowest BCUT2D eigenvalue weighted by atomic mass is 10.1. The van der Waals surface area contributed by atoms with Crippen LogP contribution in [0, 0.1) is 19.7 Å². The monoisotopic (exact) mass is 482 g/mol. The van der Waals surface area contributed by atoms with E-state index in [4.69, 9.17) is 0 Å². The molecule has 9 heteroatoms. The van der Waals surface area contributed by atoms with E-state index in [1.54, 1.807) is 51.1 Å². The van der Waals surface area contributed by atoms with E-state index < -0.39 is 10.0 Å². The molecule has 0 atom stereocenters. The number of nitrogens with zero attached hydrogens (tertiary/aromatic N) is 4. The summed E-state index contributed by atoms with van der Waals surface area (Å²) in [6.07, 6.45) is 3.42. The van der Waals surface area contributed by atoms with Crippen molar-refractivity contribution in [3.05, 3.63) is 70.8 Å². The number of carbonyl (C=O) groups excluding carboxylic acids is 1. The molecule has 7 nitrogen and oxygen atoms in total. The molecule has 5 rings (SSSR count). The number of aromatic nitrogens is 2. The van der Waals surface area contributed by atoms with Crippen LogP contribution in [0.25, 0.3) is 5.69 Å². The Morgan fingerprint density at radius 2 is 1.68 bits per heavy atom. The topological polar surface area (TPSA) is 75.5 Å². The van der Waals surface area contributed by atoms with Crippen LogP contribution >= 0.6 is 0 Å². The van der Waals surface area contributed by atoms with Gasteiger partial charge >= 0.3 is 0 Å². The number of carbonyl (C=O) groups is 1. The smallest absolute Gasteiger partial charge is 0.262 e. The van der Waals surface area contributed by atoms with Gasteiger partial charge in [-0.1, -0.05) is 6.42 Å². The van der Waals surface area contributed by atoms with Crippen molar-refractivity contribution in [2.24, 2.45) is 0 Å². The van der Waals surface area contributed by atoms with Crippen molar-refractivity contribution in [1.82, 2.24) is 14.1 Å². The van der Waals surface area contributed by atoms with E-state index in [1.807, 2.05) is 6.92 Å². The Bertz CT molecular complexity index is 1360. The third-order valence-corrected chi connectivity index (χ3v) is 8.62. The fourth-order valence-electron chi connectivity index (χ4n) is 4.92. The van der Waals surface area contributed by atoms with Crippen LogP contribution in [-0.2, 0) is 16.4 Å². The van der Waals surface area contributed by atoms with E-state index in [1.165, 1.54) is 12.1 Å². The Labute approximate surface area is 198 Å². The van der Waals surface area contributed by atoms with Gasteiger partial charge in [0.1, 0.15) is 5.82 Å². The number of piperidine rings is 1. The van der Waals surface area contributed by atoms with Crippen molar-refractivity contribution in [3.63, 3.8) is 0 Å². The average Bonchev–Trinajstić information content (AvgIpc) is 3.39. The first-order valence-corrected chi connectivity index (χ1v) is 13.0. The van der Waals surface area contributed by atoms with E-state index in [0.29, 0.717) is 53.6 Å². The fourth-order valence-corrected chi connectivity index (χ4v) is 6.49. The maximum Gasteiger partial charge on any atom is 0.262 e. The molecule has 1 aromatic heterocycles. The number of rotatable bonds is 4. The van der Waals surface area contributed by atoms with Crippen molar-refractivity contribution in [3.8, 4) is 5.69 Å². The van der Waals surface area contributed by atoms with E-state index in [2.05, 4.69) is 5.10 Å². The molecule has 2 aliphatic rings. The van der Waals surface area contributed by atoms with E-state index in [9.17, 15) is 17.6 Å². The number of hydrogen-bond donors (Lipinski definition) is 0. The highest BCUT2D eigenvalue weighted by Crippen LogP contribution is 2.34. The third-order valence-electron chi connectivity index (χ3n) is 6.72. The molecule has 0 saturated carbocycles. The second-order valence-corrected chi connectivity index (χ2v) is 10.8. The molecule has 1 saturated heterocycles. The molecular weight excluding hydrogens is 455 g/mol. The standard InChI is InChI=1S/C25H27FN4O3S/c1-17-24(18(2)30(27-17)21-8-6-20(26)7-9-21)25(31)29-15-12-19-16-22(10-11-23(19)29)34(32,33)28-13-4-3-5-14-28/h6-11,16H,3-5,12-15H2,1-2H3. The summed E-state index contributed by atoms with van der Waals surface area (Å²) in [5.41, 5.74) is 4.03. The Kier molecular flexibility index (Phi) is 5.77. The van der Waals surface area contributed by atoms with Crippen LogP contribution in [0.5, 0.6) is 0 Å². The molecule has 178 valence electrons. The largest absolute Gasteiger partial charge is 0.308 e. The first kappa shape index (κ1) is 22.7. The van der Waals surface area contributed by atoms with Gasteiger partial charge in [0.15, 0.2) is 0 Å². The average molecular weight is 483 g/mol. The summed E-state index contributed by atoms with van der Waals surface area (Å²) in [5.74, 6) is -0.509. The minimum Gasteiger partial charge on any atom is -0.308 e. The summed E-state index contributed by atoms with van der Waals surface area (Å²) in [4.78, 5) is 15.5. The van der Waals surface area contributed by atoms with Gasteiger partial charge < -0.3 is 4.90 Å². The molecule has 0 spiro atoms. The lowest BCUT2D eigenvalue weighted by molar-refractivity contribution is 0.0988. The third kappa shape index (κ3) is 3.82. The van der Waals surface area contributed by atoms with Crippen molar-refractivity contribution in [1.29, 1.82) is 0 Å². The molecule has 0 unspecified atom stereocenters. The zero-order valence-electron chi connectivity index (χ0n) is 19.3. The molecule has 34 heavy (non-hydrogen) atoms. The predicted octanol–water partition coefficient (Wildman–Crippen LogP) is 4.01. The molecule has 1 amide bonds. The highest BCUT2D eigenvalue weighted by atomic mass is 32.2. The Morgan fingerprint density at radius 3 is 2.38 bits per heavy atom. The van der Waals surface area contributed by atoms with Crippen molar-refractivity contribution in [2.75, 3.05) is 24.5 Å². The first-order valence-electron chi connectivity index (χ1n) is 11.5. The Morgan fingerprint density at radius 1 is 0.971 bits per heavy atom. The van der Waals surface area contributed by atoms with E-state index in [-0.39, 0.29) is 11.7 Å². The Balaban J connectivity index is 1.44. The number of anilines is 1. The van der Waals surface area contributed by atoms with Gasteiger partial charge in [-0.05, 0) is 81.1 Å². The maximum atomic E-state index is 13.6. The van der Waals surface area contributed by atoms with Crippen LogP contribution in [0.2, 0.25) is 0 Å². The molecule has 0 radical (unpaired) electrons. The number of fused-ring (bicyclic) bond motifs is 1. The summed E-state index contributed by atoms with van der Waals surface area (Å²) in [6.45, 7) is 5.19. The minimum absolute atomic E-state index is 0.172. The van der Waals surface area contributed by atoms with Gasteiger partial charge in [-0.3, -0.25) is 4.79 Å². The minimum atomic E-state index is -3.53. The summed E-state index contributed by atoms with van der Waals surface area (Å²) in [7, 11) is -3.53. The SMILES string of the molecule is Cc1nn(-c2ccc(F)cc2)c(C)c1C(=O)N1CCc2cc(S(=O)(=O)N3CCCCC3)ccc21. The molecule has 3 heterocycles. The van der Waals surface area contributed by atoms with Crippen molar-refractivity contribution >= 4 is 21.6 Å². The van der Waals surface area contributed by atoms with Crippen molar-refractivity contribution in [2.45, 2.75) is 44.4 Å². The second-order valence-electron chi connectivity index (χ2n) is 8.90. The zero-order valence-corrected chi connectivity index (χ0v) is 20.1. The van der Waals surface area contributed by atoms with Crippen LogP contribution in [0.3, 0.4) is 0 Å². The molecule has 2 aromatic carbocycles. The van der Waals surface area contributed by atoms with Crippen LogP contribution in [0.1, 0.15) is 46.6 Å². The molecule has 1 fully saturated rings. The first-order chi connectivity index (χ1) is 16.3. The van der Waals surface area contributed by atoms with Crippen LogP contribution in [0.15, 0.2) is 47.4 Å². The Hall–Kier alpha value is -3.04. The van der Waals surface area contributed by atoms with Gasteiger partial charge in [0.05, 0.1) is 27.5 Å². The molecule has 0 bridgehead atoms. The highest BCUT2D eigenvalue weighted by molar-refractivity contribution is 7.89. The number of sulfonamides is 1. The highest BCUT2D eigenvalue weighted by Gasteiger charge is 2.32. The number of benzene rings is 2. The van der Waals surface area contributed by atoms with Crippen LogP contribution in [-0.4, -0.2) is 48.0 Å². The molecular formula is C25H27FN4O3S. The summed E-state index contributed by atoms with van der Waals surface area (Å²) in [5, 5.41) is 4.52. The maximum absolute atomic E-state index is 13.6. The van der Waals surface area contributed by atoms with E-state index in [0.717, 1.165) is 30.5 Å². The summed E-state index contributed by atoms with van der Waals surface area (Å²) in [6, 6.07) is 11.0. The van der Waals surface area contributed by atoms with Gasteiger partial charge in [0, 0.05) is 25.3 Å².